The molecule has 2 heterocycles. The molecule has 7 nitrogen and oxygen atoms in total. The molecule has 0 radical (unpaired) electrons. The Kier molecular flexibility index (Phi) is 6.68. The van der Waals surface area contributed by atoms with Crippen molar-refractivity contribution in [1.29, 1.82) is 0 Å². The molecule has 1 fully saturated rings. The molecule has 0 spiro atoms. The summed E-state index contributed by atoms with van der Waals surface area (Å²) in [4.78, 5) is 29.9. The van der Waals surface area contributed by atoms with E-state index in [4.69, 9.17) is 20.8 Å². The lowest BCUT2D eigenvalue weighted by Gasteiger charge is -2.36. The SMILES string of the molecule is CN(C)C(=O)c1cc2c(F)c(Cl)cc(-c3ccc(N4CCN(C(=O)OC(C)(C)C)CC4)cc3)c2o1. The van der Waals surface area contributed by atoms with Gasteiger partial charge in [-0.2, -0.15) is 0 Å². The minimum atomic E-state index is -0.619. The standard InChI is InChI=1S/C26H29ClFN3O4/c1-26(2,3)35-25(33)31-12-10-30(11-13-31)17-8-6-16(7-9-17)18-14-20(27)22(28)19-15-21(34-23(18)19)24(32)29(4)5/h6-9,14-15H,10-13H2,1-5H3. The molecule has 0 aliphatic carbocycles. The number of anilines is 1. The number of hydrogen-bond donors (Lipinski definition) is 0. The highest BCUT2D eigenvalue weighted by Crippen LogP contribution is 2.37. The van der Waals surface area contributed by atoms with Crippen LogP contribution in [0.15, 0.2) is 40.8 Å². The third-order valence-corrected chi connectivity index (χ3v) is 6.06. The first-order valence-electron chi connectivity index (χ1n) is 11.4. The second-order valence-electron chi connectivity index (χ2n) is 9.77. The van der Waals surface area contributed by atoms with Gasteiger partial charge in [-0.1, -0.05) is 23.7 Å². The van der Waals surface area contributed by atoms with Crippen LogP contribution in [0, 0.1) is 5.82 Å². The van der Waals surface area contributed by atoms with E-state index in [0.29, 0.717) is 31.7 Å². The molecule has 1 saturated heterocycles. The summed E-state index contributed by atoms with van der Waals surface area (Å²) >= 11 is 6.16. The summed E-state index contributed by atoms with van der Waals surface area (Å²) in [7, 11) is 3.21. The van der Waals surface area contributed by atoms with Crippen LogP contribution in [0.2, 0.25) is 5.02 Å². The van der Waals surface area contributed by atoms with Crippen molar-refractivity contribution in [1.82, 2.24) is 9.80 Å². The van der Waals surface area contributed by atoms with E-state index in [1.165, 1.54) is 17.0 Å². The Hall–Kier alpha value is -3.26. The minimum Gasteiger partial charge on any atom is -0.450 e. The highest BCUT2D eigenvalue weighted by molar-refractivity contribution is 6.32. The number of ether oxygens (including phenoxy) is 1. The molecule has 3 aromatic rings. The summed E-state index contributed by atoms with van der Waals surface area (Å²) < 4.78 is 25.9. The molecule has 1 aliphatic heterocycles. The largest absolute Gasteiger partial charge is 0.450 e. The van der Waals surface area contributed by atoms with Gasteiger partial charge < -0.3 is 23.9 Å². The van der Waals surface area contributed by atoms with E-state index in [2.05, 4.69) is 4.90 Å². The summed E-state index contributed by atoms with van der Waals surface area (Å²) in [5.41, 5.74) is 2.14. The lowest BCUT2D eigenvalue weighted by molar-refractivity contribution is 0.0240. The number of benzene rings is 2. The molecular formula is C26H29ClFN3O4. The Morgan fingerprint density at radius 3 is 2.26 bits per heavy atom. The van der Waals surface area contributed by atoms with E-state index < -0.39 is 11.4 Å². The third-order valence-electron chi connectivity index (χ3n) is 5.79. The van der Waals surface area contributed by atoms with Crippen LogP contribution < -0.4 is 4.90 Å². The van der Waals surface area contributed by atoms with Gasteiger partial charge in [-0.3, -0.25) is 4.79 Å². The van der Waals surface area contributed by atoms with Gasteiger partial charge in [0, 0.05) is 57.6 Å². The van der Waals surface area contributed by atoms with Crippen molar-refractivity contribution in [3.63, 3.8) is 0 Å². The van der Waals surface area contributed by atoms with E-state index in [1.807, 2.05) is 45.0 Å². The predicted octanol–water partition coefficient (Wildman–Crippen LogP) is 5.65. The molecular weight excluding hydrogens is 473 g/mol. The van der Waals surface area contributed by atoms with Gasteiger partial charge in [-0.05, 0) is 44.5 Å². The van der Waals surface area contributed by atoms with E-state index in [0.717, 1.165) is 11.3 Å². The number of halogens is 2. The number of nitrogens with zero attached hydrogens (tertiary/aromatic N) is 3. The monoisotopic (exact) mass is 501 g/mol. The van der Waals surface area contributed by atoms with Crippen LogP contribution in [-0.2, 0) is 4.74 Å². The van der Waals surface area contributed by atoms with Gasteiger partial charge in [0.1, 0.15) is 11.2 Å². The quantitative estimate of drug-likeness (QED) is 0.464. The van der Waals surface area contributed by atoms with Crippen molar-refractivity contribution in [2.24, 2.45) is 0 Å². The van der Waals surface area contributed by atoms with Gasteiger partial charge in [0.25, 0.3) is 5.91 Å². The fourth-order valence-electron chi connectivity index (χ4n) is 4.00. The number of fused-ring (bicyclic) bond motifs is 1. The van der Waals surface area contributed by atoms with Crippen molar-refractivity contribution >= 4 is 40.3 Å². The molecule has 2 amide bonds. The number of hydrogen-bond acceptors (Lipinski definition) is 5. The second-order valence-corrected chi connectivity index (χ2v) is 10.2. The second kappa shape index (κ2) is 9.41. The topological polar surface area (TPSA) is 66.2 Å². The zero-order chi connectivity index (χ0) is 25.5. The number of rotatable bonds is 3. The summed E-state index contributed by atoms with van der Waals surface area (Å²) in [6.07, 6.45) is -0.296. The van der Waals surface area contributed by atoms with Gasteiger partial charge >= 0.3 is 6.09 Å². The first-order valence-corrected chi connectivity index (χ1v) is 11.8. The van der Waals surface area contributed by atoms with Gasteiger partial charge in [-0.15, -0.1) is 0 Å². The maximum Gasteiger partial charge on any atom is 0.410 e. The van der Waals surface area contributed by atoms with Crippen molar-refractivity contribution in [2.45, 2.75) is 26.4 Å². The molecule has 0 unspecified atom stereocenters. The molecule has 0 N–H and O–H groups in total. The van der Waals surface area contributed by atoms with Gasteiger partial charge in [0.15, 0.2) is 11.6 Å². The molecule has 2 aromatic carbocycles. The normalized spacial score (nSPS) is 14.4. The van der Waals surface area contributed by atoms with E-state index in [1.54, 1.807) is 19.0 Å². The van der Waals surface area contributed by atoms with Crippen LogP contribution in [0.3, 0.4) is 0 Å². The fraction of sp³-hybridized carbons (Fsp3) is 0.385. The number of carbonyl (C=O) groups is 2. The molecule has 0 atom stereocenters. The molecule has 186 valence electrons. The van der Waals surface area contributed by atoms with Crippen molar-refractivity contribution in [3.8, 4) is 11.1 Å². The number of piperazine rings is 1. The predicted molar refractivity (Wildman–Crippen MR) is 135 cm³/mol. The third kappa shape index (κ3) is 5.22. The van der Waals surface area contributed by atoms with Crippen LogP contribution in [0.4, 0.5) is 14.9 Å². The molecule has 35 heavy (non-hydrogen) atoms. The molecule has 0 bridgehead atoms. The smallest absolute Gasteiger partial charge is 0.410 e. The zero-order valence-electron chi connectivity index (χ0n) is 20.5. The van der Waals surface area contributed by atoms with Crippen LogP contribution in [-0.4, -0.2) is 67.7 Å². The number of carbonyl (C=O) groups excluding carboxylic acids is 2. The van der Waals surface area contributed by atoms with Crippen LogP contribution in [0.5, 0.6) is 0 Å². The van der Waals surface area contributed by atoms with Crippen molar-refractivity contribution in [3.05, 3.63) is 53.0 Å². The van der Waals surface area contributed by atoms with Crippen LogP contribution in [0.1, 0.15) is 31.3 Å². The Morgan fingerprint density at radius 2 is 1.69 bits per heavy atom. The zero-order valence-corrected chi connectivity index (χ0v) is 21.3. The Bertz CT molecular complexity index is 1260. The molecule has 0 saturated carbocycles. The van der Waals surface area contributed by atoms with Gasteiger partial charge in [-0.25, -0.2) is 9.18 Å². The summed E-state index contributed by atoms with van der Waals surface area (Å²) in [6.45, 7) is 8.07. The molecule has 4 rings (SSSR count). The van der Waals surface area contributed by atoms with Gasteiger partial charge in [0.2, 0.25) is 0 Å². The molecule has 1 aliphatic rings. The highest BCUT2D eigenvalue weighted by Gasteiger charge is 2.26. The Labute approximate surface area is 209 Å². The first-order chi connectivity index (χ1) is 16.4. The average molecular weight is 502 g/mol. The number of furan rings is 1. The summed E-state index contributed by atoms with van der Waals surface area (Å²) in [5, 5.41) is 0.125. The lowest BCUT2D eigenvalue weighted by atomic mass is 10.0. The maximum atomic E-state index is 14.7. The molecule has 9 heteroatoms. The minimum absolute atomic E-state index is 0.0421. The van der Waals surface area contributed by atoms with E-state index in [-0.39, 0.29) is 33.8 Å². The van der Waals surface area contributed by atoms with Gasteiger partial charge in [0.05, 0.1) is 10.4 Å². The number of amides is 2. The molecule has 1 aromatic heterocycles. The van der Waals surface area contributed by atoms with E-state index in [9.17, 15) is 14.0 Å². The highest BCUT2D eigenvalue weighted by atomic mass is 35.5. The fourth-order valence-corrected chi connectivity index (χ4v) is 4.22. The van der Waals surface area contributed by atoms with E-state index >= 15 is 0 Å². The van der Waals surface area contributed by atoms with Crippen molar-refractivity contribution < 1.29 is 23.1 Å². The Balaban J connectivity index is 1.55. The lowest BCUT2D eigenvalue weighted by Crippen LogP contribution is -2.50. The van der Waals surface area contributed by atoms with Crippen LogP contribution in [0.25, 0.3) is 22.1 Å². The summed E-state index contributed by atoms with van der Waals surface area (Å²) in [6, 6.07) is 10.7. The average Bonchev–Trinajstić information content (AvgIpc) is 3.26. The maximum absolute atomic E-state index is 14.7. The van der Waals surface area contributed by atoms with Crippen molar-refractivity contribution in [2.75, 3.05) is 45.2 Å². The summed E-state index contributed by atoms with van der Waals surface area (Å²) in [5.74, 6) is -0.929. The first kappa shape index (κ1) is 24.9. The Morgan fingerprint density at radius 1 is 1.06 bits per heavy atom. The van der Waals surface area contributed by atoms with Crippen LogP contribution >= 0.6 is 11.6 Å².